The van der Waals surface area contributed by atoms with Crippen LogP contribution in [0.15, 0.2) is 18.2 Å². The number of phenols is 1. The molecular weight excluding hydrogens is 253 g/mol. The van der Waals surface area contributed by atoms with Crippen LogP contribution in [0.25, 0.3) is 0 Å². The monoisotopic (exact) mass is 263 g/mol. The fourth-order valence-electron chi connectivity index (χ4n) is 0.885. The van der Waals surface area contributed by atoms with E-state index in [-0.39, 0.29) is 6.04 Å². The maximum absolute atomic E-state index is 9.07. The van der Waals surface area contributed by atoms with Gasteiger partial charge in [0.25, 0.3) is 0 Å². The minimum absolute atomic E-state index is 0.0301. The minimum atomic E-state index is 0.0301. The molecule has 11 heavy (non-hydrogen) atoms. The number of hydrogen-bond donors (Lipinski definition) is 2. The molecule has 0 aliphatic heterocycles. The zero-order chi connectivity index (χ0) is 8.43. The van der Waals surface area contributed by atoms with Crippen LogP contribution in [0, 0.1) is 3.57 Å². The zero-order valence-corrected chi connectivity index (χ0v) is 8.37. The van der Waals surface area contributed by atoms with Gasteiger partial charge < -0.3 is 10.8 Å². The van der Waals surface area contributed by atoms with Crippen LogP contribution in [0.5, 0.6) is 5.75 Å². The van der Waals surface area contributed by atoms with Crippen molar-refractivity contribution in [2.45, 2.75) is 13.0 Å². The first-order chi connectivity index (χ1) is 5.11. The van der Waals surface area contributed by atoms with Crippen LogP contribution in [0.1, 0.15) is 18.5 Å². The molecule has 0 aliphatic rings. The van der Waals surface area contributed by atoms with Crippen LogP contribution >= 0.6 is 22.6 Å². The summed E-state index contributed by atoms with van der Waals surface area (Å²) in [6, 6.07) is 5.24. The van der Waals surface area contributed by atoms with E-state index in [1.165, 1.54) is 0 Å². The van der Waals surface area contributed by atoms with Gasteiger partial charge in [-0.2, -0.15) is 0 Å². The molecule has 0 heterocycles. The molecule has 0 bridgehead atoms. The normalized spacial score (nSPS) is 13.0. The Morgan fingerprint density at radius 3 is 2.64 bits per heavy atom. The van der Waals surface area contributed by atoms with Gasteiger partial charge in [0.05, 0.1) is 0 Å². The van der Waals surface area contributed by atoms with E-state index in [0.717, 1.165) is 9.13 Å². The van der Waals surface area contributed by atoms with Gasteiger partial charge in [-0.25, -0.2) is 0 Å². The number of rotatable bonds is 1. The third-order valence-corrected chi connectivity index (χ3v) is 2.41. The summed E-state index contributed by atoms with van der Waals surface area (Å²) in [5.41, 5.74) is 6.75. The summed E-state index contributed by atoms with van der Waals surface area (Å²) in [6.45, 7) is 1.93. The van der Waals surface area contributed by atoms with Crippen molar-refractivity contribution in [2.75, 3.05) is 0 Å². The van der Waals surface area contributed by atoms with Crippen molar-refractivity contribution in [3.63, 3.8) is 0 Å². The van der Waals surface area contributed by atoms with E-state index in [1.54, 1.807) is 12.1 Å². The Morgan fingerprint density at radius 2 is 2.18 bits per heavy atom. The van der Waals surface area contributed by atoms with Crippen LogP contribution < -0.4 is 5.73 Å². The van der Waals surface area contributed by atoms with Crippen molar-refractivity contribution in [2.24, 2.45) is 5.73 Å². The molecule has 0 amide bonds. The molecule has 1 aromatic carbocycles. The minimum Gasteiger partial charge on any atom is -0.508 e. The van der Waals surface area contributed by atoms with Crippen LogP contribution in [0.4, 0.5) is 0 Å². The van der Waals surface area contributed by atoms with Crippen molar-refractivity contribution in [3.05, 3.63) is 27.3 Å². The SMILES string of the molecule is CC(N)c1ccc(O)cc1I. The first kappa shape index (κ1) is 8.80. The number of hydrogen-bond acceptors (Lipinski definition) is 2. The van der Waals surface area contributed by atoms with Crippen LogP contribution in [-0.4, -0.2) is 5.11 Å². The zero-order valence-electron chi connectivity index (χ0n) is 6.21. The van der Waals surface area contributed by atoms with Crippen molar-refractivity contribution < 1.29 is 5.11 Å². The average molecular weight is 263 g/mol. The molecule has 2 nitrogen and oxygen atoms in total. The van der Waals surface area contributed by atoms with E-state index in [4.69, 9.17) is 10.8 Å². The molecular formula is C8H10INO. The smallest absolute Gasteiger partial charge is 0.116 e. The summed E-state index contributed by atoms with van der Waals surface area (Å²) in [5, 5.41) is 9.07. The van der Waals surface area contributed by atoms with E-state index in [9.17, 15) is 0 Å². The molecule has 0 spiro atoms. The predicted molar refractivity (Wildman–Crippen MR) is 53.4 cm³/mol. The highest BCUT2D eigenvalue weighted by atomic mass is 127. The van der Waals surface area contributed by atoms with Crippen molar-refractivity contribution >= 4 is 22.6 Å². The molecule has 1 atom stereocenters. The highest BCUT2D eigenvalue weighted by Crippen LogP contribution is 2.22. The number of benzene rings is 1. The summed E-state index contributed by atoms with van der Waals surface area (Å²) in [5.74, 6) is 0.291. The van der Waals surface area contributed by atoms with Gasteiger partial charge in [0.1, 0.15) is 5.75 Å². The summed E-state index contributed by atoms with van der Waals surface area (Å²) in [7, 11) is 0. The van der Waals surface area contributed by atoms with Crippen LogP contribution in [0.3, 0.4) is 0 Å². The Kier molecular flexibility index (Phi) is 2.72. The number of nitrogens with two attached hydrogens (primary N) is 1. The van der Waals surface area contributed by atoms with Gasteiger partial charge in [0.2, 0.25) is 0 Å². The molecule has 3 N–H and O–H groups in total. The number of phenolic OH excluding ortho intramolecular Hbond substituents is 1. The molecule has 1 aromatic rings. The lowest BCUT2D eigenvalue weighted by molar-refractivity contribution is 0.474. The molecule has 3 heteroatoms. The molecule has 0 radical (unpaired) electrons. The van der Waals surface area contributed by atoms with Crippen LogP contribution in [-0.2, 0) is 0 Å². The third kappa shape index (κ3) is 2.07. The molecule has 1 rings (SSSR count). The summed E-state index contributed by atoms with van der Waals surface area (Å²) < 4.78 is 1.01. The van der Waals surface area contributed by atoms with Crippen molar-refractivity contribution in [1.29, 1.82) is 0 Å². The Labute approximate surface area is 79.6 Å². The summed E-state index contributed by atoms with van der Waals surface area (Å²) in [6.07, 6.45) is 0. The van der Waals surface area contributed by atoms with Gasteiger partial charge in [0, 0.05) is 9.61 Å². The molecule has 0 aromatic heterocycles. The van der Waals surface area contributed by atoms with Crippen molar-refractivity contribution in [1.82, 2.24) is 0 Å². The predicted octanol–water partition coefficient (Wildman–Crippen LogP) is 2.02. The fourth-order valence-corrected chi connectivity index (χ4v) is 1.88. The topological polar surface area (TPSA) is 46.2 Å². The highest BCUT2D eigenvalue weighted by Gasteiger charge is 2.03. The Bertz CT molecular complexity index is 260. The lowest BCUT2D eigenvalue weighted by Gasteiger charge is -2.07. The van der Waals surface area contributed by atoms with Crippen LogP contribution in [0.2, 0.25) is 0 Å². The van der Waals surface area contributed by atoms with Gasteiger partial charge in [-0.15, -0.1) is 0 Å². The molecule has 0 saturated carbocycles. The van der Waals surface area contributed by atoms with E-state index < -0.39 is 0 Å². The Balaban J connectivity index is 3.09. The average Bonchev–Trinajstić information content (AvgIpc) is 1.85. The lowest BCUT2D eigenvalue weighted by Crippen LogP contribution is -2.06. The van der Waals surface area contributed by atoms with E-state index in [1.807, 2.05) is 13.0 Å². The lowest BCUT2D eigenvalue weighted by atomic mass is 10.1. The van der Waals surface area contributed by atoms with E-state index >= 15 is 0 Å². The molecule has 0 aliphatic carbocycles. The number of aromatic hydroxyl groups is 1. The third-order valence-electron chi connectivity index (χ3n) is 1.47. The first-order valence-electron chi connectivity index (χ1n) is 3.35. The quantitative estimate of drug-likeness (QED) is 0.761. The first-order valence-corrected chi connectivity index (χ1v) is 4.43. The Morgan fingerprint density at radius 1 is 1.55 bits per heavy atom. The standard InChI is InChI=1S/C8H10INO/c1-5(10)7-3-2-6(11)4-8(7)9/h2-5,11H,10H2,1H3. The molecule has 0 fully saturated rings. The number of halogens is 1. The molecule has 1 unspecified atom stereocenters. The Hall–Kier alpha value is -0.290. The molecule has 0 saturated heterocycles. The van der Waals surface area contributed by atoms with Gasteiger partial charge in [-0.3, -0.25) is 0 Å². The summed E-state index contributed by atoms with van der Waals surface area (Å²) >= 11 is 2.16. The maximum atomic E-state index is 9.07. The largest absolute Gasteiger partial charge is 0.508 e. The van der Waals surface area contributed by atoms with Gasteiger partial charge in [-0.1, -0.05) is 6.07 Å². The molecule has 60 valence electrons. The van der Waals surface area contributed by atoms with E-state index in [0.29, 0.717) is 5.75 Å². The highest BCUT2D eigenvalue weighted by molar-refractivity contribution is 14.1. The second-order valence-corrected chi connectivity index (χ2v) is 3.66. The maximum Gasteiger partial charge on any atom is 0.116 e. The van der Waals surface area contributed by atoms with Crippen molar-refractivity contribution in [3.8, 4) is 5.75 Å². The van der Waals surface area contributed by atoms with Gasteiger partial charge in [0.15, 0.2) is 0 Å². The second kappa shape index (κ2) is 3.40. The summed E-state index contributed by atoms with van der Waals surface area (Å²) in [4.78, 5) is 0. The van der Waals surface area contributed by atoms with E-state index in [2.05, 4.69) is 22.6 Å². The van der Waals surface area contributed by atoms with Gasteiger partial charge in [-0.05, 0) is 47.2 Å². The second-order valence-electron chi connectivity index (χ2n) is 2.49. The van der Waals surface area contributed by atoms with Gasteiger partial charge >= 0.3 is 0 Å². The fraction of sp³-hybridized carbons (Fsp3) is 0.250.